The molecule has 0 aliphatic heterocycles. The number of nitrogens with one attached hydrogen (secondary N) is 1. The van der Waals surface area contributed by atoms with Crippen molar-refractivity contribution in [1.82, 2.24) is 4.98 Å². The Balaban J connectivity index is 3.05. The predicted molar refractivity (Wildman–Crippen MR) is 67.1 cm³/mol. The van der Waals surface area contributed by atoms with Gasteiger partial charge in [0.1, 0.15) is 16.6 Å². The summed E-state index contributed by atoms with van der Waals surface area (Å²) in [6, 6.07) is 0. The average Bonchev–Trinajstić information content (AvgIpc) is 2.66. The normalized spacial score (nSPS) is 10.8. The number of thiazole rings is 1. The number of hydrogen-bond acceptors (Lipinski definition) is 6. The van der Waals surface area contributed by atoms with E-state index in [1.807, 2.05) is 0 Å². The van der Waals surface area contributed by atoms with Crippen LogP contribution in [0.1, 0.15) is 5.69 Å². The third kappa shape index (κ3) is 3.54. The van der Waals surface area contributed by atoms with E-state index in [4.69, 9.17) is 21.5 Å². The Morgan fingerprint density at radius 2 is 2.44 bits per heavy atom. The fraction of sp³-hybridized carbons (Fsp3) is 0.111. The van der Waals surface area contributed by atoms with Crippen LogP contribution in [0.2, 0.25) is 4.34 Å². The van der Waals surface area contributed by atoms with Crippen molar-refractivity contribution in [2.45, 2.75) is 0 Å². The molecule has 1 aromatic rings. The molecule has 18 heavy (non-hydrogen) atoms. The molecule has 0 saturated heterocycles. The molecule has 0 radical (unpaired) electrons. The Bertz CT molecular complexity index is 500. The van der Waals surface area contributed by atoms with Crippen molar-refractivity contribution >= 4 is 46.2 Å². The van der Waals surface area contributed by atoms with Crippen LogP contribution >= 0.6 is 22.9 Å². The zero-order chi connectivity index (χ0) is 13.5. The maximum atomic E-state index is 11.0. The molecule has 0 unspecified atom stereocenters. The summed E-state index contributed by atoms with van der Waals surface area (Å²) in [6.45, 7) is 3.44. The van der Waals surface area contributed by atoms with Gasteiger partial charge >= 0.3 is 5.97 Å². The highest BCUT2D eigenvalue weighted by molar-refractivity contribution is 7.20. The van der Waals surface area contributed by atoms with E-state index >= 15 is 0 Å². The van der Waals surface area contributed by atoms with Crippen molar-refractivity contribution in [2.75, 3.05) is 11.9 Å². The molecule has 1 aromatic heterocycles. The standard InChI is InChI=1S/C9H8ClN3O4S/c1-2-3-17-13-6(8(15)16)5-7(10)18-9(12-5)11-4-14/h2,4H,1,3H2,(H,15,16)(H,11,12,14). The summed E-state index contributed by atoms with van der Waals surface area (Å²) in [7, 11) is 0. The number of carboxylic acids is 1. The van der Waals surface area contributed by atoms with Gasteiger partial charge in [-0.3, -0.25) is 4.79 Å². The number of rotatable bonds is 7. The maximum absolute atomic E-state index is 11.0. The lowest BCUT2D eigenvalue weighted by Crippen LogP contribution is -2.16. The van der Waals surface area contributed by atoms with E-state index in [-0.39, 0.29) is 21.8 Å². The summed E-state index contributed by atoms with van der Waals surface area (Å²) in [5.41, 5.74) is -0.514. The van der Waals surface area contributed by atoms with Crippen LogP contribution in [0.3, 0.4) is 0 Å². The van der Waals surface area contributed by atoms with Crippen molar-refractivity contribution in [1.29, 1.82) is 0 Å². The Morgan fingerprint density at radius 1 is 1.72 bits per heavy atom. The number of aromatic nitrogens is 1. The fourth-order valence-electron chi connectivity index (χ4n) is 0.898. The van der Waals surface area contributed by atoms with Gasteiger partial charge in [-0.05, 0) is 0 Å². The molecule has 96 valence electrons. The topological polar surface area (TPSA) is 101 Å². The van der Waals surface area contributed by atoms with Crippen LogP contribution in [0.4, 0.5) is 5.13 Å². The first-order chi connectivity index (χ1) is 8.60. The molecule has 0 aliphatic rings. The summed E-state index contributed by atoms with van der Waals surface area (Å²) in [5.74, 6) is -1.34. The molecule has 0 aliphatic carbocycles. The molecule has 9 heteroatoms. The third-order valence-corrected chi connectivity index (χ3v) is 2.73. The summed E-state index contributed by atoms with van der Waals surface area (Å²) in [5, 5.41) is 14.8. The summed E-state index contributed by atoms with van der Waals surface area (Å²) in [6.07, 6.45) is 1.82. The number of anilines is 1. The highest BCUT2D eigenvalue weighted by Gasteiger charge is 2.22. The van der Waals surface area contributed by atoms with Crippen molar-refractivity contribution in [3.63, 3.8) is 0 Å². The second kappa shape index (κ2) is 6.72. The van der Waals surface area contributed by atoms with Crippen LogP contribution < -0.4 is 5.32 Å². The minimum absolute atomic E-state index is 0.0536. The van der Waals surface area contributed by atoms with E-state index in [1.165, 1.54) is 6.08 Å². The molecule has 1 amide bonds. The largest absolute Gasteiger partial charge is 0.476 e. The lowest BCUT2D eigenvalue weighted by Gasteiger charge is -1.98. The summed E-state index contributed by atoms with van der Waals surface area (Å²) in [4.78, 5) is 29.7. The molecule has 0 aromatic carbocycles. The number of nitrogens with zero attached hydrogens (tertiary/aromatic N) is 2. The van der Waals surface area contributed by atoms with Crippen LogP contribution in [0.5, 0.6) is 0 Å². The minimum Gasteiger partial charge on any atom is -0.476 e. The molecule has 0 bridgehead atoms. The predicted octanol–water partition coefficient (Wildman–Crippen LogP) is 1.36. The van der Waals surface area contributed by atoms with E-state index < -0.39 is 11.7 Å². The van der Waals surface area contributed by atoms with Crippen LogP contribution in [-0.2, 0) is 14.4 Å². The molecule has 0 spiro atoms. The maximum Gasteiger partial charge on any atom is 0.360 e. The van der Waals surface area contributed by atoms with Crippen LogP contribution in [0.15, 0.2) is 17.8 Å². The van der Waals surface area contributed by atoms with Gasteiger partial charge in [0, 0.05) is 0 Å². The Hall–Kier alpha value is -1.93. The van der Waals surface area contributed by atoms with Gasteiger partial charge < -0.3 is 15.3 Å². The van der Waals surface area contributed by atoms with Gasteiger partial charge in [0.25, 0.3) is 0 Å². The number of hydrogen-bond donors (Lipinski definition) is 2. The highest BCUT2D eigenvalue weighted by Crippen LogP contribution is 2.28. The lowest BCUT2D eigenvalue weighted by molar-refractivity contribution is -0.129. The van der Waals surface area contributed by atoms with Crippen LogP contribution in [0.25, 0.3) is 0 Å². The zero-order valence-electron chi connectivity index (χ0n) is 8.92. The number of oxime groups is 1. The molecule has 0 saturated carbocycles. The van der Waals surface area contributed by atoms with Gasteiger partial charge in [-0.25, -0.2) is 9.78 Å². The van der Waals surface area contributed by atoms with Gasteiger partial charge in [0.15, 0.2) is 5.13 Å². The molecule has 0 fully saturated rings. The van der Waals surface area contributed by atoms with E-state index in [9.17, 15) is 9.59 Å². The molecule has 0 atom stereocenters. The number of carbonyl (C=O) groups is 2. The number of halogens is 1. The van der Waals surface area contributed by atoms with E-state index in [0.29, 0.717) is 6.41 Å². The van der Waals surface area contributed by atoms with Crippen molar-refractivity contribution < 1.29 is 19.5 Å². The average molecular weight is 290 g/mol. The van der Waals surface area contributed by atoms with Gasteiger partial charge in [0.2, 0.25) is 12.1 Å². The second-order valence-electron chi connectivity index (χ2n) is 2.73. The molecule has 7 nitrogen and oxygen atoms in total. The zero-order valence-corrected chi connectivity index (χ0v) is 10.5. The first-order valence-electron chi connectivity index (χ1n) is 4.51. The second-order valence-corrected chi connectivity index (χ2v) is 4.33. The van der Waals surface area contributed by atoms with Gasteiger partial charge in [-0.1, -0.05) is 40.7 Å². The monoisotopic (exact) mass is 289 g/mol. The number of carboxylic acid groups (broad SMARTS) is 1. The number of amides is 1. The van der Waals surface area contributed by atoms with Gasteiger partial charge in [-0.2, -0.15) is 0 Å². The van der Waals surface area contributed by atoms with E-state index in [2.05, 4.69) is 22.0 Å². The van der Waals surface area contributed by atoms with Gasteiger partial charge in [-0.15, -0.1) is 0 Å². The SMILES string of the molecule is C=CCON=C(C(=O)O)c1nc(NC=O)sc1Cl. The summed E-state index contributed by atoms with van der Waals surface area (Å²) < 4.78 is 0.0858. The van der Waals surface area contributed by atoms with E-state index in [0.717, 1.165) is 11.3 Å². The number of aliphatic carboxylic acids is 1. The Labute approximate surface area is 111 Å². The summed E-state index contributed by atoms with van der Waals surface area (Å²) >= 11 is 6.73. The fourth-order valence-corrected chi connectivity index (χ4v) is 1.90. The molecular weight excluding hydrogens is 282 g/mol. The Kier molecular flexibility index (Phi) is 5.28. The molecule has 2 N–H and O–H groups in total. The van der Waals surface area contributed by atoms with Crippen molar-refractivity contribution in [3.8, 4) is 0 Å². The van der Waals surface area contributed by atoms with Crippen molar-refractivity contribution in [3.05, 3.63) is 22.7 Å². The first-order valence-corrected chi connectivity index (χ1v) is 5.70. The van der Waals surface area contributed by atoms with Crippen LogP contribution in [-0.4, -0.2) is 34.8 Å². The third-order valence-electron chi connectivity index (χ3n) is 1.54. The molecule has 1 heterocycles. The lowest BCUT2D eigenvalue weighted by atomic mass is 10.3. The minimum atomic E-state index is -1.34. The molecule has 1 rings (SSSR count). The quantitative estimate of drug-likeness (QED) is 0.259. The van der Waals surface area contributed by atoms with Crippen LogP contribution in [0, 0.1) is 0 Å². The molecular formula is C9H8ClN3O4S. The first kappa shape index (κ1) is 14.1. The van der Waals surface area contributed by atoms with Gasteiger partial charge in [0.05, 0.1) is 0 Å². The van der Waals surface area contributed by atoms with Crippen molar-refractivity contribution in [2.24, 2.45) is 5.16 Å². The highest BCUT2D eigenvalue weighted by atomic mass is 35.5. The smallest absolute Gasteiger partial charge is 0.360 e. The van der Waals surface area contributed by atoms with E-state index in [1.54, 1.807) is 0 Å². The number of carbonyl (C=O) groups excluding carboxylic acids is 1. The Morgan fingerprint density at radius 3 is 3.00 bits per heavy atom.